The molecule has 1 heterocycles. The van der Waals surface area contributed by atoms with E-state index in [1.807, 2.05) is 0 Å². The Labute approximate surface area is 112 Å². The SMILES string of the molecule is O=C1CCN(C(=O)c2ccc(Br)cc2F)CCN1. The summed E-state index contributed by atoms with van der Waals surface area (Å²) in [5, 5.41) is 2.67. The zero-order chi connectivity index (χ0) is 13.1. The van der Waals surface area contributed by atoms with Crippen molar-refractivity contribution in [3.63, 3.8) is 0 Å². The minimum absolute atomic E-state index is 0.0348. The topological polar surface area (TPSA) is 49.4 Å². The predicted octanol–water partition coefficient (Wildman–Crippen LogP) is 1.55. The van der Waals surface area contributed by atoms with Gasteiger partial charge in [0.15, 0.2) is 0 Å². The van der Waals surface area contributed by atoms with E-state index in [0.29, 0.717) is 24.1 Å². The van der Waals surface area contributed by atoms with Crippen LogP contribution in [0, 0.1) is 5.82 Å². The molecule has 0 bridgehead atoms. The third-order valence-corrected chi connectivity index (χ3v) is 3.25. The Morgan fingerprint density at radius 1 is 1.39 bits per heavy atom. The number of halogens is 2. The maximum atomic E-state index is 13.7. The first-order chi connectivity index (χ1) is 8.58. The van der Waals surface area contributed by atoms with Crippen LogP contribution in [0.1, 0.15) is 16.8 Å². The molecule has 1 fully saturated rings. The summed E-state index contributed by atoms with van der Waals surface area (Å²) >= 11 is 3.14. The Hall–Kier alpha value is -1.43. The van der Waals surface area contributed by atoms with Gasteiger partial charge in [-0.3, -0.25) is 9.59 Å². The van der Waals surface area contributed by atoms with E-state index in [0.717, 1.165) is 0 Å². The second kappa shape index (κ2) is 5.48. The normalized spacial score (nSPS) is 16.1. The second-order valence-electron chi connectivity index (χ2n) is 4.02. The van der Waals surface area contributed by atoms with Crippen molar-refractivity contribution in [1.29, 1.82) is 0 Å². The molecule has 4 nitrogen and oxygen atoms in total. The van der Waals surface area contributed by atoms with E-state index < -0.39 is 5.82 Å². The molecule has 0 radical (unpaired) electrons. The number of benzene rings is 1. The van der Waals surface area contributed by atoms with Gasteiger partial charge in [-0.15, -0.1) is 0 Å². The molecule has 1 aliphatic rings. The molecule has 1 aromatic carbocycles. The third-order valence-electron chi connectivity index (χ3n) is 2.76. The van der Waals surface area contributed by atoms with Crippen molar-refractivity contribution in [2.24, 2.45) is 0 Å². The lowest BCUT2D eigenvalue weighted by atomic mass is 10.2. The number of nitrogens with one attached hydrogen (secondary N) is 1. The number of nitrogens with zero attached hydrogens (tertiary/aromatic N) is 1. The van der Waals surface area contributed by atoms with E-state index in [-0.39, 0.29) is 23.8 Å². The molecule has 0 aromatic heterocycles. The number of hydrogen-bond donors (Lipinski definition) is 1. The van der Waals surface area contributed by atoms with E-state index in [1.54, 1.807) is 6.07 Å². The number of carbonyl (C=O) groups is 2. The molecule has 0 unspecified atom stereocenters. The first-order valence-corrected chi connectivity index (χ1v) is 6.38. The van der Waals surface area contributed by atoms with Crippen molar-refractivity contribution in [2.75, 3.05) is 19.6 Å². The molecular formula is C12H12BrFN2O2. The molecule has 0 saturated carbocycles. The Bertz CT molecular complexity index is 493. The summed E-state index contributed by atoms with van der Waals surface area (Å²) in [7, 11) is 0. The van der Waals surface area contributed by atoms with E-state index >= 15 is 0 Å². The fourth-order valence-corrected chi connectivity index (χ4v) is 2.14. The monoisotopic (exact) mass is 314 g/mol. The summed E-state index contributed by atoms with van der Waals surface area (Å²) in [5.74, 6) is -1.02. The molecule has 1 saturated heterocycles. The molecule has 2 amide bonds. The minimum Gasteiger partial charge on any atom is -0.354 e. The Kier molecular flexibility index (Phi) is 3.96. The highest BCUT2D eigenvalue weighted by Crippen LogP contribution is 2.17. The Morgan fingerprint density at radius 3 is 2.89 bits per heavy atom. The molecule has 1 aromatic rings. The van der Waals surface area contributed by atoms with Gasteiger partial charge in [0.1, 0.15) is 5.82 Å². The molecule has 6 heteroatoms. The van der Waals surface area contributed by atoms with Crippen molar-refractivity contribution in [2.45, 2.75) is 6.42 Å². The summed E-state index contributed by atoms with van der Waals surface area (Å²) in [6.07, 6.45) is 0.254. The quantitative estimate of drug-likeness (QED) is 0.855. The standard InChI is InChI=1S/C12H12BrFN2O2/c13-8-1-2-9(10(14)7-8)12(18)16-5-3-11(17)15-4-6-16/h1-2,7H,3-6H2,(H,15,17). The van der Waals surface area contributed by atoms with Crippen LogP contribution in [0.3, 0.4) is 0 Å². The van der Waals surface area contributed by atoms with Crippen LogP contribution in [0.4, 0.5) is 4.39 Å². The lowest BCUT2D eigenvalue weighted by Gasteiger charge is -2.19. The van der Waals surface area contributed by atoms with Crippen LogP contribution in [0.5, 0.6) is 0 Å². The number of hydrogen-bond acceptors (Lipinski definition) is 2. The maximum absolute atomic E-state index is 13.7. The largest absolute Gasteiger partial charge is 0.354 e. The van der Waals surface area contributed by atoms with Gasteiger partial charge in [0, 0.05) is 30.5 Å². The van der Waals surface area contributed by atoms with Gasteiger partial charge in [0.05, 0.1) is 5.56 Å². The first kappa shape index (κ1) is 13.0. The van der Waals surface area contributed by atoms with Crippen molar-refractivity contribution in [1.82, 2.24) is 10.2 Å². The molecule has 1 N–H and O–H groups in total. The number of carbonyl (C=O) groups excluding carboxylic acids is 2. The van der Waals surface area contributed by atoms with Crippen molar-refractivity contribution in [3.8, 4) is 0 Å². The summed E-state index contributed by atoms with van der Waals surface area (Å²) in [5.41, 5.74) is 0.0348. The first-order valence-electron chi connectivity index (χ1n) is 5.59. The lowest BCUT2D eigenvalue weighted by Crippen LogP contribution is -2.34. The smallest absolute Gasteiger partial charge is 0.256 e. The van der Waals surface area contributed by atoms with Gasteiger partial charge in [0.25, 0.3) is 5.91 Å². The Balaban J connectivity index is 2.17. The van der Waals surface area contributed by atoms with Crippen LogP contribution in [-0.4, -0.2) is 36.3 Å². The molecule has 0 spiro atoms. The van der Waals surface area contributed by atoms with Crippen molar-refractivity contribution in [3.05, 3.63) is 34.1 Å². The van der Waals surface area contributed by atoms with Gasteiger partial charge in [-0.25, -0.2) is 4.39 Å². The van der Waals surface area contributed by atoms with E-state index in [4.69, 9.17) is 0 Å². The summed E-state index contributed by atoms with van der Waals surface area (Å²) in [6.45, 7) is 1.13. The highest BCUT2D eigenvalue weighted by molar-refractivity contribution is 9.10. The van der Waals surface area contributed by atoms with Crippen molar-refractivity contribution < 1.29 is 14.0 Å². The molecule has 96 valence electrons. The molecule has 18 heavy (non-hydrogen) atoms. The second-order valence-corrected chi connectivity index (χ2v) is 4.93. The fourth-order valence-electron chi connectivity index (χ4n) is 1.80. The highest BCUT2D eigenvalue weighted by atomic mass is 79.9. The van der Waals surface area contributed by atoms with Crippen molar-refractivity contribution >= 4 is 27.7 Å². The highest BCUT2D eigenvalue weighted by Gasteiger charge is 2.22. The van der Waals surface area contributed by atoms with Gasteiger partial charge >= 0.3 is 0 Å². The summed E-state index contributed by atoms with van der Waals surface area (Å²) < 4.78 is 14.3. The summed E-state index contributed by atoms with van der Waals surface area (Å²) in [4.78, 5) is 24.8. The van der Waals surface area contributed by atoms with Crippen LogP contribution in [0.25, 0.3) is 0 Å². The van der Waals surface area contributed by atoms with Gasteiger partial charge in [-0.05, 0) is 18.2 Å². The summed E-state index contributed by atoms with van der Waals surface area (Å²) in [6, 6.07) is 4.33. The molecule has 0 aliphatic carbocycles. The maximum Gasteiger partial charge on any atom is 0.256 e. The fraction of sp³-hybridized carbons (Fsp3) is 0.333. The molecule has 0 atom stereocenters. The zero-order valence-corrected chi connectivity index (χ0v) is 11.2. The van der Waals surface area contributed by atoms with Crippen LogP contribution in [0.2, 0.25) is 0 Å². The van der Waals surface area contributed by atoms with Gasteiger partial charge in [-0.2, -0.15) is 0 Å². The average molecular weight is 315 g/mol. The predicted molar refractivity (Wildman–Crippen MR) is 67.6 cm³/mol. The minimum atomic E-state index is -0.557. The Morgan fingerprint density at radius 2 is 2.17 bits per heavy atom. The third kappa shape index (κ3) is 2.87. The van der Waals surface area contributed by atoms with E-state index in [2.05, 4.69) is 21.2 Å². The van der Waals surface area contributed by atoms with Crippen LogP contribution in [-0.2, 0) is 4.79 Å². The van der Waals surface area contributed by atoms with Gasteiger partial charge in [-0.1, -0.05) is 15.9 Å². The number of rotatable bonds is 1. The number of amides is 2. The lowest BCUT2D eigenvalue weighted by molar-refractivity contribution is -0.120. The molecule has 1 aliphatic heterocycles. The zero-order valence-electron chi connectivity index (χ0n) is 9.58. The average Bonchev–Trinajstić information content (AvgIpc) is 2.53. The molecule has 2 rings (SSSR count). The van der Waals surface area contributed by atoms with Crippen LogP contribution in [0.15, 0.2) is 22.7 Å². The molecular weight excluding hydrogens is 303 g/mol. The van der Waals surface area contributed by atoms with E-state index in [1.165, 1.54) is 17.0 Å². The van der Waals surface area contributed by atoms with E-state index in [9.17, 15) is 14.0 Å². The van der Waals surface area contributed by atoms with Crippen LogP contribution < -0.4 is 5.32 Å². The van der Waals surface area contributed by atoms with Gasteiger partial charge < -0.3 is 10.2 Å². The van der Waals surface area contributed by atoms with Gasteiger partial charge in [0.2, 0.25) is 5.91 Å². The van der Waals surface area contributed by atoms with Crippen LogP contribution >= 0.6 is 15.9 Å².